The van der Waals surface area contributed by atoms with E-state index in [1.807, 2.05) is 7.05 Å². The molecule has 0 unspecified atom stereocenters. The molecular formula is C14H17N3O4. The number of nitro groups is 1. The Morgan fingerprint density at radius 1 is 1.48 bits per heavy atom. The lowest BCUT2D eigenvalue weighted by molar-refractivity contribution is -0.385. The molecule has 1 aromatic heterocycles. The monoisotopic (exact) mass is 291 g/mol. The van der Waals surface area contributed by atoms with E-state index in [1.165, 1.54) is 13.2 Å². The van der Waals surface area contributed by atoms with Crippen LogP contribution in [0, 0.1) is 10.1 Å². The molecule has 0 amide bonds. The predicted octanol–water partition coefficient (Wildman–Crippen LogP) is 2.41. The second-order valence-corrected chi connectivity index (χ2v) is 4.47. The Hall–Kier alpha value is -2.41. The number of nitrogens with one attached hydrogen (secondary N) is 1. The van der Waals surface area contributed by atoms with Gasteiger partial charge in [-0.15, -0.1) is 0 Å². The lowest BCUT2D eigenvalue weighted by atomic mass is 10.1. The average molecular weight is 291 g/mol. The molecule has 0 saturated heterocycles. The molecule has 0 atom stereocenters. The second kappa shape index (κ2) is 6.85. The number of hydrogen-bond donors (Lipinski definition) is 1. The smallest absolute Gasteiger partial charge is 0.311 e. The zero-order valence-corrected chi connectivity index (χ0v) is 12.0. The highest BCUT2D eigenvalue weighted by molar-refractivity contribution is 5.64. The van der Waals surface area contributed by atoms with Gasteiger partial charge in [0.2, 0.25) is 0 Å². The molecule has 0 bridgehead atoms. The molecule has 1 N–H and O–H groups in total. The maximum absolute atomic E-state index is 11.0. The normalized spacial score (nSPS) is 10.6. The van der Waals surface area contributed by atoms with Crippen LogP contribution in [0.25, 0.3) is 11.3 Å². The highest BCUT2D eigenvalue weighted by Crippen LogP contribution is 2.32. The molecule has 0 radical (unpaired) electrons. The highest BCUT2D eigenvalue weighted by atomic mass is 16.6. The zero-order valence-electron chi connectivity index (χ0n) is 12.0. The molecule has 21 heavy (non-hydrogen) atoms. The van der Waals surface area contributed by atoms with Gasteiger partial charge in [-0.1, -0.05) is 0 Å². The Morgan fingerprint density at radius 2 is 2.29 bits per heavy atom. The van der Waals surface area contributed by atoms with Crippen molar-refractivity contribution in [3.8, 4) is 17.1 Å². The Morgan fingerprint density at radius 3 is 2.95 bits per heavy atom. The summed E-state index contributed by atoms with van der Waals surface area (Å²) < 4.78 is 10.6. The van der Waals surface area contributed by atoms with Crippen LogP contribution in [0.15, 0.2) is 28.8 Å². The molecule has 2 aromatic rings. The van der Waals surface area contributed by atoms with E-state index < -0.39 is 4.92 Å². The van der Waals surface area contributed by atoms with Crippen molar-refractivity contribution >= 4 is 5.69 Å². The van der Waals surface area contributed by atoms with Gasteiger partial charge in [0.25, 0.3) is 0 Å². The van der Waals surface area contributed by atoms with Crippen LogP contribution in [0.5, 0.6) is 5.75 Å². The lowest BCUT2D eigenvalue weighted by Gasteiger charge is -2.03. The second-order valence-electron chi connectivity index (χ2n) is 4.47. The van der Waals surface area contributed by atoms with E-state index in [-0.39, 0.29) is 11.4 Å². The highest BCUT2D eigenvalue weighted by Gasteiger charge is 2.17. The maximum atomic E-state index is 11.0. The molecule has 0 fully saturated rings. The summed E-state index contributed by atoms with van der Waals surface area (Å²) in [5, 5.41) is 14.1. The van der Waals surface area contributed by atoms with Crippen LogP contribution in [0.1, 0.15) is 12.3 Å². The SMILES string of the molecule is CNCCCc1ncc(-c2ccc(OC)c([N+](=O)[O-])c2)o1. The summed E-state index contributed by atoms with van der Waals surface area (Å²) in [4.78, 5) is 14.7. The van der Waals surface area contributed by atoms with Gasteiger partial charge in [0.1, 0.15) is 0 Å². The van der Waals surface area contributed by atoms with E-state index >= 15 is 0 Å². The van der Waals surface area contributed by atoms with Gasteiger partial charge in [-0.05, 0) is 32.1 Å². The molecule has 0 aliphatic heterocycles. The fourth-order valence-electron chi connectivity index (χ4n) is 1.96. The number of nitrogens with zero attached hydrogens (tertiary/aromatic N) is 2. The van der Waals surface area contributed by atoms with E-state index in [4.69, 9.17) is 9.15 Å². The van der Waals surface area contributed by atoms with Crippen molar-refractivity contribution in [3.05, 3.63) is 40.4 Å². The number of aromatic nitrogens is 1. The van der Waals surface area contributed by atoms with E-state index in [1.54, 1.807) is 18.3 Å². The van der Waals surface area contributed by atoms with Crippen LogP contribution in [0.3, 0.4) is 0 Å². The van der Waals surface area contributed by atoms with Crippen molar-refractivity contribution in [1.82, 2.24) is 10.3 Å². The first-order valence-electron chi connectivity index (χ1n) is 6.57. The molecule has 1 heterocycles. The van der Waals surface area contributed by atoms with Gasteiger partial charge in [-0.3, -0.25) is 10.1 Å². The number of ether oxygens (including phenoxy) is 1. The summed E-state index contributed by atoms with van der Waals surface area (Å²) in [7, 11) is 3.29. The molecule has 2 rings (SSSR count). The molecular weight excluding hydrogens is 274 g/mol. The number of rotatable bonds is 7. The van der Waals surface area contributed by atoms with E-state index in [2.05, 4.69) is 10.3 Å². The number of benzene rings is 1. The van der Waals surface area contributed by atoms with Gasteiger partial charge >= 0.3 is 5.69 Å². The molecule has 0 aliphatic rings. The Kier molecular flexibility index (Phi) is 4.89. The summed E-state index contributed by atoms with van der Waals surface area (Å²) in [6.45, 7) is 0.881. The van der Waals surface area contributed by atoms with Crippen LogP contribution in [0.4, 0.5) is 5.69 Å². The number of methoxy groups -OCH3 is 1. The molecule has 0 spiro atoms. The number of oxazole rings is 1. The van der Waals surface area contributed by atoms with Crippen LogP contribution in [-0.2, 0) is 6.42 Å². The average Bonchev–Trinajstić information content (AvgIpc) is 2.95. The molecule has 7 nitrogen and oxygen atoms in total. The van der Waals surface area contributed by atoms with Gasteiger partial charge in [-0.25, -0.2) is 4.98 Å². The Labute approximate surface area is 122 Å². The van der Waals surface area contributed by atoms with Crippen molar-refractivity contribution in [2.75, 3.05) is 20.7 Å². The summed E-state index contributed by atoms with van der Waals surface area (Å²) in [6, 6.07) is 4.69. The van der Waals surface area contributed by atoms with E-state index in [0.717, 1.165) is 19.4 Å². The first kappa shape index (κ1) is 15.0. The van der Waals surface area contributed by atoms with Crippen molar-refractivity contribution in [3.63, 3.8) is 0 Å². The third kappa shape index (κ3) is 3.57. The zero-order chi connectivity index (χ0) is 15.2. The van der Waals surface area contributed by atoms with Crippen LogP contribution >= 0.6 is 0 Å². The van der Waals surface area contributed by atoms with Gasteiger partial charge in [0.15, 0.2) is 17.4 Å². The number of hydrogen-bond acceptors (Lipinski definition) is 6. The Balaban J connectivity index is 2.22. The molecule has 1 aromatic carbocycles. The van der Waals surface area contributed by atoms with Gasteiger partial charge < -0.3 is 14.5 Å². The third-order valence-electron chi connectivity index (χ3n) is 3.03. The predicted molar refractivity (Wildman–Crippen MR) is 77.4 cm³/mol. The van der Waals surface area contributed by atoms with E-state index in [9.17, 15) is 10.1 Å². The van der Waals surface area contributed by atoms with E-state index in [0.29, 0.717) is 17.2 Å². The molecule has 112 valence electrons. The summed E-state index contributed by atoms with van der Waals surface area (Å²) in [5.41, 5.74) is 0.512. The van der Waals surface area contributed by atoms with Gasteiger partial charge in [-0.2, -0.15) is 0 Å². The minimum Gasteiger partial charge on any atom is -0.490 e. The standard InChI is InChI=1S/C14H17N3O4/c1-15-7-3-4-14-16-9-13(21-14)10-5-6-12(20-2)11(8-10)17(18)19/h5-6,8-9,15H,3-4,7H2,1-2H3. The van der Waals surface area contributed by atoms with Crippen LogP contribution in [-0.4, -0.2) is 30.6 Å². The van der Waals surface area contributed by atoms with Crippen LogP contribution < -0.4 is 10.1 Å². The summed E-state index contributed by atoms with van der Waals surface area (Å²) in [6.07, 6.45) is 3.22. The van der Waals surface area contributed by atoms with Gasteiger partial charge in [0, 0.05) is 18.1 Å². The van der Waals surface area contributed by atoms with Crippen molar-refractivity contribution < 1.29 is 14.1 Å². The van der Waals surface area contributed by atoms with Gasteiger partial charge in [0.05, 0.1) is 18.2 Å². The quantitative estimate of drug-likeness (QED) is 0.478. The number of aryl methyl sites for hydroxylation is 1. The molecule has 0 aliphatic carbocycles. The molecule has 0 saturated carbocycles. The Bertz CT molecular complexity index is 624. The van der Waals surface area contributed by atoms with Crippen molar-refractivity contribution in [2.24, 2.45) is 0 Å². The van der Waals surface area contributed by atoms with Crippen molar-refractivity contribution in [2.45, 2.75) is 12.8 Å². The first-order chi connectivity index (χ1) is 10.2. The largest absolute Gasteiger partial charge is 0.490 e. The maximum Gasteiger partial charge on any atom is 0.311 e. The third-order valence-corrected chi connectivity index (χ3v) is 3.03. The summed E-state index contributed by atoms with van der Waals surface area (Å²) in [5.74, 6) is 1.36. The lowest BCUT2D eigenvalue weighted by Crippen LogP contribution is -2.08. The van der Waals surface area contributed by atoms with Crippen LogP contribution in [0.2, 0.25) is 0 Å². The number of nitro benzene ring substituents is 1. The van der Waals surface area contributed by atoms with Crippen molar-refractivity contribution in [1.29, 1.82) is 0 Å². The molecule has 7 heteroatoms. The first-order valence-corrected chi connectivity index (χ1v) is 6.57. The minimum absolute atomic E-state index is 0.0943. The minimum atomic E-state index is -0.480. The fourth-order valence-corrected chi connectivity index (χ4v) is 1.96. The topological polar surface area (TPSA) is 90.4 Å². The summed E-state index contributed by atoms with van der Waals surface area (Å²) >= 11 is 0. The fraction of sp³-hybridized carbons (Fsp3) is 0.357.